The van der Waals surface area contributed by atoms with Crippen LogP contribution in [0, 0.1) is 23.0 Å². The third-order valence-electron chi connectivity index (χ3n) is 6.68. The third kappa shape index (κ3) is 5.49. The summed E-state index contributed by atoms with van der Waals surface area (Å²) in [5.74, 6) is -0.0333. The lowest BCUT2D eigenvalue weighted by Crippen LogP contribution is -2.47. The SMILES string of the molecule is Cc1ccccc1C1c2ccsc2CCN1C(=O)CN(CCC(C)C)C(=O)c1ccc([N+](=O)[O-])cc1. The summed E-state index contributed by atoms with van der Waals surface area (Å²) in [7, 11) is 0. The Morgan fingerprint density at radius 3 is 2.50 bits per heavy atom. The van der Waals surface area contributed by atoms with Crippen LogP contribution in [0.3, 0.4) is 0 Å². The molecule has 2 amide bonds. The Labute approximate surface area is 215 Å². The molecule has 8 heteroatoms. The van der Waals surface area contributed by atoms with Gasteiger partial charge in [-0.05, 0) is 66.0 Å². The molecule has 0 fully saturated rings. The number of hydrogen-bond donors (Lipinski definition) is 0. The van der Waals surface area contributed by atoms with Gasteiger partial charge in [0.05, 0.1) is 11.0 Å². The number of aryl methyl sites for hydroxylation is 1. The first kappa shape index (κ1) is 25.6. The molecule has 1 atom stereocenters. The highest BCUT2D eigenvalue weighted by Gasteiger charge is 2.34. The molecule has 0 saturated carbocycles. The summed E-state index contributed by atoms with van der Waals surface area (Å²) in [5, 5.41) is 13.1. The number of rotatable bonds is 8. The maximum atomic E-state index is 13.8. The van der Waals surface area contributed by atoms with Gasteiger partial charge in [0.15, 0.2) is 0 Å². The van der Waals surface area contributed by atoms with Crippen molar-refractivity contribution >= 4 is 28.8 Å². The fraction of sp³-hybridized carbons (Fsp3) is 0.357. The van der Waals surface area contributed by atoms with Gasteiger partial charge in [-0.15, -0.1) is 11.3 Å². The second kappa shape index (κ2) is 11.0. The molecule has 0 N–H and O–H groups in total. The molecule has 0 spiro atoms. The van der Waals surface area contributed by atoms with Crippen molar-refractivity contribution in [2.45, 2.75) is 39.7 Å². The second-order valence-corrected chi connectivity index (χ2v) is 10.6. The van der Waals surface area contributed by atoms with E-state index in [1.165, 1.54) is 29.1 Å². The number of fused-ring (bicyclic) bond motifs is 1. The number of nitro benzene ring substituents is 1. The highest BCUT2D eigenvalue weighted by atomic mass is 32.1. The lowest BCUT2D eigenvalue weighted by Gasteiger charge is -2.38. The van der Waals surface area contributed by atoms with Crippen LogP contribution >= 0.6 is 11.3 Å². The first-order valence-electron chi connectivity index (χ1n) is 12.2. The van der Waals surface area contributed by atoms with Gasteiger partial charge < -0.3 is 9.80 Å². The molecule has 1 aliphatic rings. The van der Waals surface area contributed by atoms with E-state index in [1.807, 2.05) is 17.0 Å². The molecule has 1 aromatic heterocycles. The zero-order chi connectivity index (χ0) is 25.8. The maximum Gasteiger partial charge on any atom is 0.269 e. The Morgan fingerprint density at radius 1 is 1.11 bits per heavy atom. The van der Waals surface area contributed by atoms with E-state index in [0.29, 0.717) is 24.6 Å². The first-order chi connectivity index (χ1) is 17.3. The summed E-state index contributed by atoms with van der Waals surface area (Å²) in [5.41, 5.74) is 3.65. The minimum atomic E-state index is -0.491. The second-order valence-electron chi connectivity index (χ2n) is 9.61. The molecule has 0 bridgehead atoms. The van der Waals surface area contributed by atoms with Crippen molar-refractivity contribution in [3.8, 4) is 0 Å². The summed E-state index contributed by atoms with van der Waals surface area (Å²) in [6, 6.07) is 15.6. The number of amides is 2. The number of thiophene rings is 1. The van der Waals surface area contributed by atoms with E-state index < -0.39 is 4.92 Å². The van der Waals surface area contributed by atoms with Crippen LogP contribution in [-0.4, -0.2) is 46.2 Å². The molecule has 36 heavy (non-hydrogen) atoms. The average molecular weight is 506 g/mol. The molecule has 0 radical (unpaired) electrons. The number of nitrogens with zero attached hydrogens (tertiary/aromatic N) is 3. The molecule has 0 aliphatic carbocycles. The van der Waals surface area contributed by atoms with E-state index in [0.717, 1.165) is 29.5 Å². The first-order valence-corrected chi connectivity index (χ1v) is 13.1. The van der Waals surface area contributed by atoms with Crippen molar-refractivity contribution in [2.24, 2.45) is 5.92 Å². The molecule has 1 unspecified atom stereocenters. The van der Waals surface area contributed by atoms with E-state index in [2.05, 4.69) is 44.4 Å². The summed E-state index contributed by atoms with van der Waals surface area (Å²) >= 11 is 1.72. The van der Waals surface area contributed by atoms with Crippen LogP contribution in [-0.2, 0) is 11.2 Å². The molecule has 188 valence electrons. The fourth-order valence-electron chi connectivity index (χ4n) is 4.64. The minimum absolute atomic E-state index is 0.0373. The lowest BCUT2D eigenvalue weighted by molar-refractivity contribution is -0.384. The van der Waals surface area contributed by atoms with Gasteiger partial charge in [0.1, 0.15) is 6.54 Å². The standard InChI is InChI=1S/C28H31N3O4S/c1-19(2)12-15-29(28(33)21-8-10-22(11-9-21)31(34)35)18-26(32)30-16-13-25-24(14-17-36-25)27(30)23-7-5-4-6-20(23)3/h4-11,14,17,19,27H,12-13,15-16,18H2,1-3H3. The Morgan fingerprint density at radius 2 is 1.83 bits per heavy atom. The lowest BCUT2D eigenvalue weighted by atomic mass is 9.90. The molecule has 7 nitrogen and oxygen atoms in total. The number of carbonyl (C=O) groups is 2. The van der Waals surface area contributed by atoms with Gasteiger partial charge >= 0.3 is 0 Å². The molecule has 2 aromatic carbocycles. The summed E-state index contributed by atoms with van der Waals surface area (Å²) in [6.07, 6.45) is 1.55. The van der Waals surface area contributed by atoms with Crippen LogP contribution in [0.25, 0.3) is 0 Å². The van der Waals surface area contributed by atoms with Crippen LogP contribution in [0.4, 0.5) is 5.69 Å². The summed E-state index contributed by atoms with van der Waals surface area (Å²) in [6.45, 7) is 7.21. The van der Waals surface area contributed by atoms with Gasteiger partial charge in [0, 0.05) is 35.7 Å². The van der Waals surface area contributed by atoms with Gasteiger partial charge in [-0.1, -0.05) is 38.1 Å². The largest absolute Gasteiger partial charge is 0.330 e. The third-order valence-corrected chi connectivity index (χ3v) is 7.68. The molecular formula is C28H31N3O4S. The maximum absolute atomic E-state index is 13.8. The van der Waals surface area contributed by atoms with Crippen molar-refractivity contribution in [3.63, 3.8) is 0 Å². The van der Waals surface area contributed by atoms with Gasteiger partial charge in [0.25, 0.3) is 11.6 Å². The number of benzene rings is 2. The van der Waals surface area contributed by atoms with Crippen LogP contribution in [0.5, 0.6) is 0 Å². The van der Waals surface area contributed by atoms with Crippen LogP contribution in [0.2, 0.25) is 0 Å². The fourth-order valence-corrected chi connectivity index (χ4v) is 5.55. The van der Waals surface area contributed by atoms with E-state index in [-0.39, 0.29) is 30.1 Å². The Kier molecular flexibility index (Phi) is 7.84. The number of nitro groups is 1. The van der Waals surface area contributed by atoms with Crippen LogP contribution < -0.4 is 0 Å². The predicted octanol–water partition coefficient (Wildman–Crippen LogP) is 5.63. The number of carbonyl (C=O) groups excluding carboxylic acids is 2. The van der Waals surface area contributed by atoms with Crippen LogP contribution in [0.15, 0.2) is 60.0 Å². The van der Waals surface area contributed by atoms with Crippen molar-refractivity contribution in [2.75, 3.05) is 19.6 Å². The van der Waals surface area contributed by atoms with E-state index in [9.17, 15) is 19.7 Å². The van der Waals surface area contributed by atoms with Crippen molar-refractivity contribution in [1.82, 2.24) is 9.80 Å². The summed E-state index contributed by atoms with van der Waals surface area (Å²) < 4.78 is 0. The molecule has 4 rings (SSSR count). The zero-order valence-electron chi connectivity index (χ0n) is 20.8. The molecule has 3 aromatic rings. The Hall–Kier alpha value is -3.52. The van der Waals surface area contributed by atoms with Crippen molar-refractivity contribution < 1.29 is 14.5 Å². The molecule has 2 heterocycles. The van der Waals surface area contributed by atoms with Gasteiger partial charge in [-0.25, -0.2) is 0 Å². The van der Waals surface area contributed by atoms with Crippen molar-refractivity contribution in [3.05, 3.63) is 97.2 Å². The van der Waals surface area contributed by atoms with E-state index >= 15 is 0 Å². The summed E-state index contributed by atoms with van der Waals surface area (Å²) in [4.78, 5) is 42.5. The van der Waals surface area contributed by atoms with E-state index in [1.54, 1.807) is 16.2 Å². The number of hydrogen-bond acceptors (Lipinski definition) is 5. The zero-order valence-corrected chi connectivity index (χ0v) is 21.7. The van der Waals surface area contributed by atoms with Gasteiger partial charge in [-0.2, -0.15) is 0 Å². The minimum Gasteiger partial charge on any atom is -0.330 e. The predicted molar refractivity (Wildman–Crippen MR) is 141 cm³/mol. The van der Waals surface area contributed by atoms with Gasteiger partial charge in [0.2, 0.25) is 5.91 Å². The average Bonchev–Trinajstić information content (AvgIpc) is 3.35. The topological polar surface area (TPSA) is 83.8 Å². The quantitative estimate of drug-likeness (QED) is 0.293. The Bertz CT molecular complexity index is 1250. The van der Waals surface area contributed by atoms with E-state index in [4.69, 9.17) is 0 Å². The molecule has 0 saturated heterocycles. The molecular weight excluding hydrogens is 474 g/mol. The highest BCUT2D eigenvalue weighted by molar-refractivity contribution is 7.10. The van der Waals surface area contributed by atoms with Crippen molar-refractivity contribution in [1.29, 1.82) is 0 Å². The monoisotopic (exact) mass is 505 g/mol. The molecule has 1 aliphatic heterocycles. The highest BCUT2D eigenvalue weighted by Crippen LogP contribution is 2.39. The number of non-ortho nitro benzene ring substituents is 1. The smallest absolute Gasteiger partial charge is 0.269 e. The normalized spacial score (nSPS) is 15.0. The van der Waals surface area contributed by atoms with Crippen LogP contribution in [0.1, 0.15) is 58.2 Å². The van der Waals surface area contributed by atoms with Gasteiger partial charge in [-0.3, -0.25) is 19.7 Å². The Balaban J connectivity index is 1.61.